The molecule has 1 fully saturated rings. The minimum absolute atomic E-state index is 0.0519. The van der Waals surface area contributed by atoms with Crippen LogP contribution in [0.5, 0.6) is 17.2 Å². The van der Waals surface area contributed by atoms with Gasteiger partial charge in [-0.2, -0.15) is 0 Å². The number of piperidine rings is 1. The number of methoxy groups -OCH3 is 3. The van der Waals surface area contributed by atoms with Crippen LogP contribution in [0.15, 0.2) is 12.1 Å². The van der Waals surface area contributed by atoms with Crippen LogP contribution in [0.2, 0.25) is 0 Å². The van der Waals surface area contributed by atoms with E-state index in [1.165, 1.54) is 26.2 Å². The van der Waals surface area contributed by atoms with E-state index < -0.39 is 18.9 Å². The number of nitrogens with two attached hydrogens (primary N) is 1. The van der Waals surface area contributed by atoms with Gasteiger partial charge in [-0.05, 0) is 25.0 Å². The summed E-state index contributed by atoms with van der Waals surface area (Å²) in [7, 11) is 4.42. The van der Waals surface area contributed by atoms with Crippen LogP contribution in [0.25, 0.3) is 0 Å². The van der Waals surface area contributed by atoms with Crippen molar-refractivity contribution >= 4 is 18.0 Å². The highest BCUT2D eigenvalue weighted by Gasteiger charge is 2.27. The molecule has 0 spiro atoms. The maximum atomic E-state index is 12.8. The maximum absolute atomic E-state index is 12.8. The molecule has 172 valence electrons. The summed E-state index contributed by atoms with van der Waals surface area (Å²) in [6, 6.07) is 2.84. The van der Waals surface area contributed by atoms with Crippen molar-refractivity contribution in [2.24, 2.45) is 5.73 Å². The van der Waals surface area contributed by atoms with Gasteiger partial charge in [0.05, 0.1) is 27.8 Å². The third-order valence-electron chi connectivity index (χ3n) is 4.69. The molecule has 2 amide bonds. The molecule has 31 heavy (non-hydrogen) atoms. The summed E-state index contributed by atoms with van der Waals surface area (Å²) in [5.41, 5.74) is 5.58. The van der Waals surface area contributed by atoms with Crippen LogP contribution in [0.4, 0.5) is 4.79 Å². The van der Waals surface area contributed by atoms with Crippen molar-refractivity contribution in [1.82, 2.24) is 10.2 Å². The highest BCUT2D eigenvalue weighted by Crippen LogP contribution is 2.38. The molecule has 0 saturated carbocycles. The van der Waals surface area contributed by atoms with Crippen LogP contribution in [-0.2, 0) is 14.3 Å². The number of hydrogen-bond acceptors (Lipinski definition) is 9. The largest absolute Gasteiger partial charge is 0.493 e. The summed E-state index contributed by atoms with van der Waals surface area (Å²) in [6.45, 7) is 0.431. The molecular formula is C20H29N3O8. The summed E-state index contributed by atoms with van der Waals surface area (Å²) >= 11 is 0. The molecule has 0 radical (unpaired) electrons. The van der Waals surface area contributed by atoms with Crippen molar-refractivity contribution in [3.63, 3.8) is 0 Å². The molecule has 1 aromatic rings. The number of nitrogens with zero attached hydrogens (tertiary/aromatic N) is 1. The number of ether oxygens (including phenoxy) is 5. The lowest BCUT2D eigenvalue weighted by molar-refractivity contribution is -0.152. The van der Waals surface area contributed by atoms with Gasteiger partial charge in [0.1, 0.15) is 0 Å². The first-order valence-corrected chi connectivity index (χ1v) is 9.81. The number of nitrogens with one attached hydrogen (secondary N) is 1. The first kappa shape index (κ1) is 24.1. The highest BCUT2D eigenvalue weighted by atomic mass is 16.7. The smallest absolute Gasteiger partial charge is 0.412 e. The monoisotopic (exact) mass is 439 g/mol. The molecule has 1 heterocycles. The van der Waals surface area contributed by atoms with Crippen LogP contribution >= 0.6 is 0 Å². The molecule has 1 saturated heterocycles. The number of rotatable bonds is 9. The average molecular weight is 439 g/mol. The van der Waals surface area contributed by atoms with Crippen molar-refractivity contribution in [3.05, 3.63) is 17.7 Å². The Labute approximate surface area is 180 Å². The van der Waals surface area contributed by atoms with E-state index in [1.54, 1.807) is 12.1 Å². The van der Waals surface area contributed by atoms with Gasteiger partial charge < -0.3 is 39.6 Å². The van der Waals surface area contributed by atoms with E-state index in [-0.39, 0.29) is 31.5 Å². The lowest BCUT2D eigenvalue weighted by atomic mass is 10.1. The van der Waals surface area contributed by atoms with Crippen LogP contribution in [0, 0.1) is 0 Å². The van der Waals surface area contributed by atoms with E-state index >= 15 is 0 Å². The Hall–Kier alpha value is -3.21. The first-order chi connectivity index (χ1) is 14.9. The summed E-state index contributed by atoms with van der Waals surface area (Å²) in [6.07, 6.45) is 0.816. The van der Waals surface area contributed by atoms with E-state index in [4.69, 9.17) is 29.4 Å². The van der Waals surface area contributed by atoms with Gasteiger partial charge in [0.15, 0.2) is 11.5 Å². The second-order valence-corrected chi connectivity index (χ2v) is 6.76. The molecule has 11 heteroatoms. The Morgan fingerprint density at radius 3 is 2.35 bits per heavy atom. The van der Waals surface area contributed by atoms with Gasteiger partial charge in [-0.15, -0.1) is 0 Å². The van der Waals surface area contributed by atoms with Crippen LogP contribution < -0.4 is 25.3 Å². The summed E-state index contributed by atoms with van der Waals surface area (Å²) in [4.78, 5) is 37.7. The summed E-state index contributed by atoms with van der Waals surface area (Å²) in [5.74, 6) is 0.245. The predicted octanol–water partition coefficient (Wildman–Crippen LogP) is 0.893. The summed E-state index contributed by atoms with van der Waals surface area (Å²) in [5, 5.41) is 2.91. The molecular weight excluding hydrogens is 410 g/mol. The van der Waals surface area contributed by atoms with Crippen LogP contribution in [0.1, 0.15) is 29.6 Å². The molecule has 1 atom stereocenters. The fourth-order valence-electron chi connectivity index (χ4n) is 3.17. The normalized spacial score (nSPS) is 15.6. The van der Waals surface area contributed by atoms with Gasteiger partial charge in [-0.1, -0.05) is 0 Å². The number of esters is 1. The van der Waals surface area contributed by atoms with Crippen molar-refractivity contribution in [2.75, 3.05) is 47.8 Å². The number of amides is 2. The molecule has 2 rings (SSSR count). The van der Waals surface area contributed by atoms with Gasteiger partial charge in [0.25, 0.3) is 5.91 Å². The number of likely N-dealkylation sites (tertiary alicyclic amines) is 1. The molecule has 1 unspecified atom stereocenters. The lowest BCUT2D eigenvalue weighted by Gasteiger charge is -2.32. The average Bonchev–Trinajstić information content (AvgIpc) is 2.78. The maximum Gasteiger partial charge on any atom is 0.412 e. The van der Waals surface area contributed by atoms with Gasteiger partial charge in [0.2, 0.25) is 12.5 Å². The fourth-order valence-corrected chi connectivity index (χ4v) is 3.17. The minimum atomic E-state index is -0.618. The Balaban J connectivity index is 1.95. The van der Waals surface area contributed by atoms with E-state index in [0.29, 0.717) is 42.2 Å². The van der Waals surface area contributed by atoms with Crippen molar-refractivity contribution in [2.45, 2.75) is 25.3 Å². The van der Waals surface area contributed by atoms with Gasteiger partial charge in [-0.3, -0.25) is 9.59 Å². The predicted molar refractivity (Wildman–Crippen MR) is 109 cm³/mol. The van der Waals surface area contributed by atoms with E-state index in [0.717, 1.165) is 0 Å². The second kappa shape index (κ2) is 11.8. The van der Waals surface area contributed by atoms with Gasteiger partial charge in [0, 0.05) is 31.2 Å². The van der Waals surface area contributed by atoms with Gasteiger partial charge in [-0.25, -0.2) is 4.79 Å². The fraction of sp³-hybridized carbons (Fsp3) is 0.550. The quantitative estimate of drug-likeness (QED) is 0.424. The number of hydrogen-bond donors (Lipinski definition) is 2. The lowest BCUT2D eigenvalue weighted by Crippen LogP contribution is -2.49. The Morgan fingerprint density at radius 2 is 1.77 bits per heavy atom. The first-order valence-electron chi connectivity index (χ1n) is 9.81. The minimum Gasteiger partial charge on any atom is -0.493 e. The molecule has 1 aliphatic rings. The molecule has 1 aliphatic heterocycles. The third-order valence-corrected chi connectivity index (χ3v) is 4.69. The molecule has 0 aromatic heterocycles. The summed E-state index contributed by atoms with van der Waals surface area (Å²) < 4.78 is 25.6. The van der Waals surface area contributed by atoms with Crippen LogP contribution in [0.3, 0.4) is 0 Å². The second-order valence-electron chi connectivity index (χ2n) is 6.76. The molecule has 0 aliphatic carbocycles. The third kappa shape index (κ3) is 6.64. The number of carbonyl (C=O) groups excluding carboxylic acids is 3. The van der Waals surface area contributed by atoms with Gasteiger partial charge >= 0.3 is 12.1 Å². The SMILES string of the molecule is COc1cc(C(=O)NC2CCCN(C(=O)OCOC(=O)CCN)C2)cc(OC)c1OC. The Kier molecular flexibility index (Phi) is 9.19. The standard InChI is InChI=1S/C20H29N3O8/c1-27-15-9-13(10-16(28-2)18(15)29-3)19(25)22-14-5-4-8-23(11-14)20(26)31-12-30-17(24)6-7-21/h9-10,14H,4-8,11-12,21H2,1-3H3,(H,22,25). The van der Waals surface area contributed by atoms with Crippen molar-refractivity contribution in [1.29, 1.82) is 0 Å². The molecule has 11 nitrogen and oxygen atoms in total. The Morgan fingerprint density at radius 1 is 1.10 bits per heavy atom. The molecule has 0 bridgehead atoms. The van der Waals surface area contributed by atoms with Crippen LogP contribution in [-0.4, -0.2) is 76.7 Å². The van der Waals surface area contributed by atoms with Crippen molar-refractivity contribution < 1.29 is 38.1 Å². The number of benzene rings is 1. The van der Waals surface area contributed by atoms with E-state index in [9.17, 15) is 14.4 Å². The molecule has 3 N–H and O–H groups in total. The topological polar surface area (TPSA) is 139 Å². The molecule has 1 aromatic carbocycles. The zero-order valence-corrected chi connectivity index (χ0v) is 18.0. The Bertz CT molecular complexity index is 761. The van der Waals surface area contributed by atoms with E-state index in [1.807, 2.05) is 0 Å². The van der Waals surface area contributed by atoms with E-state index in [2.05, 4.69) is 5.32 Å². The van der Waals surface area contributed by atoms with Crippen molar-refractivity contribution in [3.8, 4) is 17.2 Å². The highest BCUT2D eigenvalue weighted by molar-refractivity contribution is 5.95. The number of carbonyl (C=O) groups is 3. The zero-order chi connectivity index (χ0) is 22.8. The zero-order valence-electron chi connectivity index (χ0n) is 18.0.